The number of amidine groups is 3. The van der Waals surface area contributed by atoms with Gasteiger partial charge in [0, 0.05) is 33.9 Å². The number of ether oxygens (including phenoxy) is 1. The predicted molar refractivity (Wildman–Crippen MR) is 139 cm³/mol. The van der Waals surface area contributed by atoms with Gasteiger partial charge in [0.1, 0.15) is 18.2 Å². The highest BCUT2D eigenvalue weighted by Crippen LogP contribution is 2.31. The molecule has 0 unspecified atom stereocenters. The summed E-state index contributed by atoms with van der Waals surface area (Å²) in [5.74, 6) is -0.200. The zero-order chi connectivity index (χ0) is 24.7. The summed E-state index contributed by atoms with van der Waals surface area (Å²) in [7, 11) is -3.72. The number of rotatable bonds is 5. The van der Waals surface area contributed by atoms with E-state index in [1.54, 1.807) is 30.3 Å². The van der Waals surface area contributed by atoms with Crippen molar-refractivity contribution in [2.75, 3.05) is 12.9 Å². The first-order valence-electron chi connectivity index (χ1n) is 10.4. The van der Waals surface area contributed by atoms with Crippen LogP contribution in [0.15, 0.2) is 69.7 Å². The zero-order valence-electron chi connectivity index (χ0n) is 18.3. The summed E-state index contributed by atoms with van der Waals surface area (Å²) in [6.45, 7) is 0.936. The van der Waals surface area contributed by atoms with Crippen LogP contribution < -0.4 is 4.74 Å². The van der Waals surface area contributed by atoms with E-state index in [0.29, 0.717) is 29.5 Å². The minimum atomic E-state index is -3.72. The molecule has 0 aliphatic carbocycles. The lowest BCUT2D eigenvalue weighted by Crippen LogP contribution is -2.45. The molecule has 35 heavy (non-hydrogen) atoms. The largest absolute Gasteiger partial charge is 0.492 e. The summed E-state index contributed by atoms with van der Waals surface area (Å²) in [5, 5.41) is 9.80. The molecule has 0 bridgehead atoms. The number of para-hydroxylation sites is 1. The van der Waals surface area contributed by atoms with E-state index in [2.05, 4.69) is 9.39 Å². The van der Waals surface area contributed by atoms with E-state index in [9.17, 15) is 13.2 Å². The number of nitrogens with one attached hydrogen (secondary N) is 1. The monoisotopic (exact) mass is 527 g/mol. The lowest BCUT2D eigenvalue weighted by molar-refractivity contribution is -0.114. The first-order chi connectivity index (χ1) is 16.7. The highest BCUT2D eigenvalue weighted by atomic mass is 35.5. The Hall–Kier alpha value is -3.41. The van der Waals surface area contributed by atoms with Gasteiger partial charge in [0.2, 0.25) is 20.2 Å². The summed E-state index contributed by atoms with van der Waals surface area (Å²) in [6, 6.07) is 14.8. The molecule has 5 rings (SSSR count). The molecule has 0 fully saturated rings. The second-order valence-corrected chi connectivity index (χ2v) is 10.9. The molecular weight excluding hydrogens is 510 g/mol. The molecule has 3 aromatic rings. The maximum atomic E-state index is 12.7. The Morgan fingerprint density at radius 1 is 1.17 bits per heavy atom. The topological polar surface area (TPSA) is 117 Å². The number of hydrogen-bond acceptors (Lipinski definition) is 7. The van der Waals surface area contributed by atoms with Crippen LogP contribution in [0.3, 0.4) is 0 Å². The number of carbonyl (C=O) groups is 1. The van der Waals surface area contributed by atoms with E-state index in [1.807, 2.05) is 35.0 Å². The molecule has 2 aliphatic rings. The number of sulfone groups is 1. The minimum absolute atomic E-state index is 0.0204. The fourth-order valence-electron chi connectivity index (χ4n) is 3.76. The van der Waals surface area contributed by atoms with E-state index in [-0.39, 0.29) is 21.7 Å². The molecule has 0 atom stereocenters. The lowest BCUT2D eigenvalue weighted by Gasteiger charge is -2.23. The van der Waals surface area contributed by atoms with E-state index < -0.39 is 15.7 Å². The molecule has 3 heterocycles. The van der Waals surface area contributed by atoms with Crippen LogP contribution in [-0.2, 0) is 21.2 Å². The maximum Gasteiger partial charge on any atom is 0.283 e. The second-order valence-electron chi connectivity index (χ2n) is 7.78. The molecule has 1 N–H and O–H groups in total. The van der Waals surface area contributed by atoms with Crippen molar-refractivity contribution >= 4 is 72.4 Å². The number of aromatic nitrogens is 1. The third-order valence-corrected chi connectivity index (χ3v) is 7.37. The van der Waals surface area contributed by atoms with Crippen LogP contribution in [0.25, 0.3) is 17.0 Å². The van der Waals surface area contributed by atoms with E-state index in [0.717, 1.165) is 34.0 Å². The quantitative estimate of drug-likeness (QED) is 0.396. The van der Waals surface area contributed by atoms with Crippen molar-refractivity contribution in [2.45, 2.75) is 6.54 Å². The standard InChI is InChI=1S/C23H18ClN5O4S2/c1-35(31,32)23-27-34-22-26-21(30)18(20(25)29(22)23)12-14-13-28(19-5-3-2-4-17(14)19)10-11-33-16-8-6-15(24)7-9-16/h2-9,12-13,25H,10-11H2,1H3. The average Bonchev–Trinajstić information content (AvgIpc) is 3.40. The zero-order valence-corrected chi connectivity index (χ0v) is 20.7. The fraction of sp³-hybridized carbons (Fsp3) is 0.130. The van der Waals surface area contributed by atoms with E-state index in [1.165, 1.54) is 0 Å². The molecule has 9 nitrogen and oxygen atoms in total. The maximum absolute atomic E-state index is 12.7. The Bertz CT molecular complexity index is 1570. The van der Waals surface area contributed by atoms with Crippen LogP contribution >= 0.6 is 23.5 Å². The van der Waals surface area contributed by atoms with Gasteiger partial charge >= 0.3 is 0 Å². The highest BCUT2D eigenvalue weighted by molar-refractivity contribution is 8.16. The van der Waals surface area contributed by atoms with Crippen molar-refractivity contribution < 1.29 is 17.9 Å². The molecule has 12 heteroatoms. The predicted octanol–water partition coefficient (Wildman–Crippen LogP) is 3.99. The van der Waals surface area contributed by atoms with Crippen molar-refractivity contribution in [3.63, 3.8) is 0 Å². The van der Waals surface area contributed by atoms with Gasteiger partial charge < -0.3 is 9.30 Å². The molecule has 1 aromatic heterocycles. The first kappa shape index (κ1) is 23.3. The number of fused-ring (bicyclic) bond motifs is 2. The number of hydrogen-bond donors (Lipinski definition) is 1. The average molecular weight is 528 g/mol. The normalized spacial score (nSPS) is 17.1. The van der Waals surface area contributed by atoms with Crippen LogP contribution in [0.5, 0.6) is 5.75 Å². The van der Waals surface area contributed by atoms with Crippen molar-refractivity contribution in [1.82, 2.24) is 9.47 Å². The Morgan fingerprint density at radius 3 is 2.66 bits per heavy atom. The van der Waals surface area contributed by atoms with Crippen molar-refractivity contribution in [3.8, 4) is 5.75 Å². The van der Waals surface area contributed by atoms with Gasteiger partial charge in [-0.05, 0) is 36.4 Å². The second kappa shape index (κ2) is 8.99. The minimum Gasteiger partial charge on any atom is -0.492 e. The van der Waals surface area contributed by atoms with Crippen molar-refractivity contribution in [2.24, 2.45) is 9.39 Å². The number of carbonyl (C=O) groups excluding carboxylic acids is 1. The molecule has 0 radical (unpaired) electrons. The summed E-state index contributed by atoms with van der Waals surface area (Å²) in [6.07, 6.45) is 4.43. The van der Waals surface area contributed by atoms with Crippen molar-refractivity contribution in [1.29, 1.82) is 5.41 Å². The van der Waals surface area contributed by atoms with Gasteiger partial charge in [0.25, 0.3) is 5.91 Å². The Balaban J connectivity index is 1.45. The SMILES string of the molecule is CS(=O)(=O)C1=NSC2=NC(=O)C(=Cc3cn(CCOc4ccc(Cl)cc4)c4ccccc34)C(=N)N21. The molecule has 2 aromatic carbocycles. The molecule has 178 valence electrons. The lowest BCUT2D eigenvalue weighted by atomic mass is 10.1. The third-order valence-electron chi connectivity index (χ3n) is 5.36. The molecule has 1 amide bonds. The Kier molecular flexibility index (Phi) is 5.99. The summed E-state index contributed by atoms with van der Waals surface area (Å²) < 4.78 is 35.9. The summed E-state index contributed by atoms with van der Waals surface area (Å²) in [4.78, 5) is 17.8. The number of benzene rings is 2. The van der Waals surface area contributed by atoms with Gasteiger partial charge in [-0.1, -0.05) is 29.8 Å². The van der Waals surface area contributed by atoms with Gasteiger partial charge in [0.05, 0.1) is 24.1 Å². The van der Waals surface area contributed by atoms with Crippen LogP contribution in [0.1, 0.15) is 5.56 Å². The third kappa shape index (κ3) is 4.49. The van der Waals surface area contributed by atoms with E-state index in [4.69, 9.17) is 21.7 Å². The fourth-order valence-corrected chi connectivity index (χ4v) is 5.73. The molecular formula is C23H18ClN5O4S2. The van der Waals surface area contributed by atoms with Gasteiger partial charge in [-0.15, -0.1) is 0 Å². The van der Waals surface area contributed by atoms with Gasteiger partial charge in [-0.3, -0.25) is 10.2 Å². The van der Waals surface area contributed by atoms with Crippen LogP contribution in [0.2, 0.25) is 5.02 Å². The summed E-state index contributed by atoms with van der Waals surface area (Å²) in [5.41, 5.74) is 1.60. The number of nitrogens with zero attached hydrogens (tertiary/aromatic N) is 4. The van der Waals surface area contributed by atoms with Crippen LogP contribution in [0, 0.1) is 5.41 Å². The highest BCUT2D eigenvalue weighted by Gasteiger charge is 2.41. The summed E-state index contributed by atoms with van der Waals surface area (Å²) >= 11 is 6.68. The van der Waals surface area contributed by atoms with Gasteiger partial charge in [-0.25, -0.2) is 13.3 Å². The number of aliphatic imine (C=N–C) groups is 1. The number of halogens is 1. The van der Waals surface area contributed by atoms with Gasteiger partial charge in [0.15, 0.2) is 0 Å². The molecule has 0 saturated heterocycles. The van der Waals surface area contributed by atoms with Crippen molar-refractivity contribution in [3.05, 3.63) is 70.9 Å². The van der Waals surface area contributed by atoms with Gasteiger partial charge in [-0.2, -0.15) is 9.39 Å². The van der Waals surface area contributed by atoms with Crippen LogP contribution in [0.4, 0.5) is 0 Å². The molecule has 0 spiro atoms. The molecule has 2 aliphatic heterocycles. The first-order valence-corrected chi connectivity index (χ1v) is 13.4. The smallest absolute Gasteiger partial charge is 0.283 e. The molecule has 0 saturated carbocycles. The Morgan fingerprint density at radius 2 is 1.91 bits per heavy atom. The number of amides is 1. The Labute approximate surface area is 210 Å². The van der Waals surface area contributed by atoms with Crippen LogP contribution in [-0.4, -0.2) is 52.8 Å². The van der Waals surface area contributed by atoms with E-state index >= 15 is 0 Å².